The molecule has 4 aliphatic heterocycles. The molecule has 3 aromatic rings. The summed E-state index contributed by atoms with van der Waals surface area (Å²) < 4.78 is 1.18. The van der Waals surface area contributed by atoms with E-state index in [1.54, 1.807) is 0 Å². The van der Waals surface area contributed by atoms with Gasteiger partial charge < -0.3 is 9.80 Å². The Balaban J connectivity index is 0.000000147. The van der Waals surface area contributed by atoms with Gasteiger partial charge in [-0.15, -0.1) is 0 Å². The largest absolute Gasteiger partial charge is 0.370 e. The van der Waals surface area contributed by atoms with E-state index >= 15 is 0 Å². The number of anilines is 2. The minimum absolute atomic E-state index is 0.737. The number of benzene rings is 3. The number of hydrogen-bond donors (Lipinski definition) is 0. The lowest BCUT2D eigenvalue weighted by Crippen LogP contribution is -2.36. The molecular weight excluding hydrogens is 544 g/mol. The van der Waals surface area contributed by atoms with Crippen molar-refractivity contribution < 1.29 is 0 Å². The average Bonchev–Trinajstić information content (AvgIpc) is 3.35. The SMILES string of the molecule is CN1C2CCC1CN(c1ccc(-c3ccccc3)cc1)CC2.CN1C2CCC1CN(c1cccc(Br)c1)CC2. The summed E-state index contributed by atoms with van der Waals surface area (Å²) in [5.74, 6) is 0. The van der Waals surface area contributed by atoms with E-state index in [0.29, 0.717) is 0 Å². The summed E-state index contributed by atoms with van der Waals surface area (Å²) in [6, 6.07) is 31.5. The van der Waals surface area contributed by atoms with Gasteiger partial charge in [0.1, 0.15) is 0 Å². The highest BCUT2D eigenvalue weighted by molar-refractivity contribution is 9.10. The van der Waals surface area contributed by atoms with Crippen LogP contribution in [-0.4, -0.2) is 74.2 Å². The quantitative estimate of drug-likeness (QED) is 0.323. The van der Waals surface area contributed by atoms with E-state index in [1.165, 1.54) is 91.7 Å². The predicted octanol–water partition coefficient (Wildman–Crippen LogP) is 7.15. The molecule has 0 spiro atoms. The van der Waals surface area contributed by atoms with Gasteiger partial charge in [0.25, 0.3) is 0 Å². The molecule has 0 N–H and O–H groups in total. The molecule has 3 aromatic carbocycles. The zero-order valence-corrected chi connectivity index (χ0v) is 25.1. The van der Waals surface area contributed by atoms with Gasteiger partial charge >= 0.3 is 0 Å². The Labute approximate surface area is 243 Å². The van der Waals surface area contributed by atoms with Crippen molar-refractivity contribution in [2.75, 3.05) is 50.1 Å². The van der Waals surface area contributed by atoms with Crippen molar-refractivity contribution >= 4 is 27.3 Å². The summed E-state index contributed by atoms with van der Waals surface area (Å²) >= 11 is 3.56. The second-order valence-electron chi connectivity index (χ2n) is 12.0. The van der Waals surface area contributed by atoms with Gasteiger partial charge in [-0.3, -0.25) is 9.80 Å². The lowest BCUT2D eigenvalue weighted by Gasteiger charge is -2.27. The molecule has 4 nitrogen and oxygen atoms in total. The van der Waals surface area contributed by atoms with Crippen molar-refractivity contribution in [1.82, 2.24) is 9.80 Å². The molecule has 0 amide bonds. The first-order chi connectivity index (χ1) is 19.0. The third kappa shape index (κ3) is 6.06. The van der Waals surface area contributed by atoms with Crippen LogP contribution in [0.3, 0.4) is 0 Å². The van der Waals surface area contributed by atoms with Crippen molar-refractivity contribution in [1.29, 1.82) is 0 Å². The van der Waals surface area contributed by atoms with Crippen molar-refractivity contribution in [2.24, 2.45) is 0 Å². The van der Waals surface area contributed by atoms with Crippen molar-refractivity contribution in [3.63, 3.8) is 0 Å². The van der Waals surface area contributed by atoms with Crippen molar-refractivity contribution in [3.8, 4) is 11.1 Å². The highest BCUT2D eigenvalue weighted by atomic mass is 79.9. The van der Waals surface area contributed by atoms with Crippen LogP contribution in [-0.2, 0) is 0 Å². The topological polar surface area (TPSA) is 13.0 Å². The fourth-order valence-corrected chi connectivity index (χ4v) is 7.64. The van der Waals surface area contributed by atoms with E-state index < -0.39 is 0 Å². The lowest BCUT2D eigenvalue weighted by atomic mass is 10.0. The minimum Gasteiger partial charge on any atom is -0.370 e. The Kier molecular flexibility index (Phi) is 8.29. The third-order valence-electron chi connectivity index (χ3n) is 9.81. The molecule has 4 unspecified atom stereocenters. The van der Waals surface area contributed by atoms with E-state index in [0.717, 1.165) is 24.2 Å². The van der Waals surface area contributed by atoms with Crippen LogP contribution in [0.25, 0.3) is 11.1 Å². The first kappa shape index (κ1) is 26.9. The number of nitrogens with zero attached hydrogens (tertiary/aromatic N) is 4. The molecule has 0 saturated carbocycles. The molecule has 5 heteroatoms. The highest BCUT2D eigenvalue weighted by Gasteiger charge is 2.35. The average molecular weight is 588 g/mol. The maximum atomic E-state index is 3.56. The standard InChI is InChI=1S/C20H24N2.C14H19BrN2/c1-21-18-11-12-20(21)15-22(14-13-18)19-9-7-17(8-10-19)16-5-3-2-4-6-16;1-16-12-5-6-14(16)10-17(8-7-12)13-4-2-3-11(15)9-13/h2-10,18,20H,11-15H2,1H3;2-4,9,12,14H,5-8,10H2,1H3. The Bertz CT molecular complexity index is 1220. The van der Waals surface area contributed by atoms with Gasteiger partial charge in [-0.25, -0.2) is 0 Å². The highest BCUT2D eigenvalue weighted by Crippen LogP contribution is 2.33. The predicted molar refractivity (Wildman–Crippen MR) is 169 cm³/mol. The summed E-state index contributed by atoms with van der Waals surface area (Å²) in [5, 5.41) is 0. The third-order valence-corrected chi connectivity index (χ3v) is 10.3. The smallest absolute Gasteiger partial charge is 0.0378 e. The Morgan fingerprint density at radius 2 is 1.08 bits per heavy atom. The normalized spacial score (nSPS) is 27.1. The molecule has 7 rings (SSSR count). The van der Waals surface area contributed by atoms with E-state index in [4.69, 9.17) is 0 Å². The van der Waals surface area contributed by atoms with Gasteiger partial charge in [-0.1, -0.05) is 64.5 Å². The number of rotatable bonds is 3. The number of halogens is 1. The molecule has 206 valence electrons. The van der Waals surface area contributed by atoms with Crippen LogP contribution in [0, 0.1) is 0 Å². The molecule has 4 saturated heterocycles. The Hall–Kier alpha value is -2.34. The molecule has 4 bridgehead atoms. The van der Waals surface area contributed by atoms with Gasteiger partial charge in [-0.05, 0) is 94.1 Å². The number of likely N-dealkylation sites (N-methyl/N-ethyl adjacent to an activating group) is 2. The Morgan fingerprint density at radius 1 is 0.538 bits per heavy atom. The molecule has 0 aliphatic carbocycles. The van der Waals surface area contributed by atoms with Crippen LogP contribution in [0.15, 0.2) is 83.3 Å². The second kappa shape index (κ2) is 12.0. The zero-order chi connectivity index (χ0) is 26.8. The molecule has 4 heterocycles. The Morgan fingerprint density at radius 3 is 1.67 bits per heavy atom. The summed E-state index contributed by atoms with van der Waals surface area (Å²) in [6.07, 6.45) is 8.12. The van der Waals surface area contributed by atoms with Crippen LogP contribution in [0.4, 0.5) is 11.4 Å². The summed E-state index contributed by atoms with van der Waals surface area (Å²) in [5.41, 5.74) is 5.34. The minimum atomic E-state index is 0.737. The fourth-order valence-electron chi connectivity index (χ4n) is 7.25. The van der Waals surface area contributed by atoms with E-state index in [2.05, 4.69) is 128 Å². The summed E-state index contributed by atoms with van der Waals surface area (Å²) in [4.78, 5) is 10.3. The van der Waals surface area contributed by atoms with Gasteiger partial charge in [0.15, 0.2) is 0 Å². The van der Waals surface area contributed by atoms with Crippen LogP contribution < -0.4 is 9.80 Å². The van der Waals surface area contributed by atoms with Crippen LogP contribution in [0.2, 0.25) is 0 Å². The van der Waals surface area contributed by atoms with Gasteiger partial charge in [0.2, 0.25) is 0 Å². The molecule has 0 radical (unpaired) electrons. The number of fused-ring (bicyclic) bond motifs is 4. The molecule has 0 aromatic heterocycles. The maximum absolute atomic E-state index is 3.56. The van der Waals surface area contributed by atoms with E-state index in [9.17, 15) is 0 Å². The van der Waals surface area contributed by atoms with E-state index in [1.807, 2.05) is 0 Å². The summed E-state index contributed by atoms with van der Waals surface area (Å²) in [6.45, 7) is 4.75. The van der Waals surface area contributed by atoms with Crippen LogP contribution in [0.5, 0.6) is 0 Å². The summed E-state index contributed by atoms with van der Waals surface area (Å²) in [7, 11) is 4.61. The van der Waals surface area contributed by atoms with Crippen LogP contribution >= 0.6 is 15.9 Å². The molecule has 4 fully saturated rings. The molecular formula is C34H43BrN4. The molecule has 4 atom stereocenters. The van der Waals surface area contributed by atoms with Gasteiger partial charge in [0.05, 0.1) is 0 Å². The monoisotopic (exact) mass is 586 g/mol. The van der Waals surface area contributed by atoms with Gasteiger partial charge in [-0.2, -0.15) is 0 Å². The fraction of sp³-hybridized carbons (Fsp3) is 0.471. The molecule has 39 heavy (non-hydrogen) atoms. The zero-order valence-electron chi connectivity index (χ0n) is 23.6. The van der Waals surface area contributed by atoms with E-state index in [-0.39, 0.29) is 0 Å². The van der Waals surface area contributed by atoms with Crippen molar-refractivity contribution in [3.05, 3.63) is 83.3 Å². The second-order valence-corrected chi connectivity index (χ2v) is 12.9. The number of hydrogen-bond acceptors (Lipinski definition) is 4. The lowest BCUT2D eigenvalue weighted by molar-refractivity contribution is 0.254. The first-order valence-electron chi connectivity index (χ1n) is 14.9. The van der Waals surface area contributed by atoms with Gasteiger partial charge in [0, 0.05) is 66.2 Å². The van der Waals surface area contributed by atoms with Crippen LogP contribution in [0.1, 0.15) is 38.5 Å². The first-order valence-corrected chi connectivity index (χ1v) is 15.7. The van der Waals surface area contributed by atoms with Crippen molar-refractivity contribution in [2.45, 2.75) is 62.7 Å². The maximum Gasteiger partial charge on any atom is 0.0378 e. The molecule has 4 aliphatic rings.